The molecule has 0 aromatic heterocycles. The molecule has 0 fully saturated rings. The van der Waals surface area contributed by atoms with Gasteiger partial charge in [0.05, 0.1) is 14.2 Å². The quantitative estimate of drug-likeness (QED) is 0.571. The molecule has 0 unspecified atom stereocenters. The summed E-state index contributed by atoms with van der Waals surface area (Å²) in [6.45, 7) is 1.18. The minimum atomic E-state index is -0.106. The lowest BCUT2D eigenvalue weighted by atomic mass is 9.97. The van der Waals surface area contributed by atoms with Gasteiger partial charge in [-0.25, -0.2) is 0 Å². The maximum Gasteiger partial charge on any atom is 0.220 e. The predicted octanol–water partition coefficient (Wildman–Crippen LogP) is 3.15. The molecule has 1 aliphatic carbocycles. The molecule has 1 aromatic rings. The summed E-state index contributed by atoms with van der Waals surface area (Å²) < 4.78 is 10.5. The molecule has 6 heteroatoms. The molecule has 0 saturated carbocycles. The first kappa shape index (κ1) is 21.8. The van der Waals surface area contributed by atoms with Gasteiger partial charge in [0, 0.05) is 25.9 Å². The fraction of sp³-hybridized carbons (Fsp3) is 0.545. The van der Waals surface area contributed by atoms with E-state index < -0.39 is 0 Å². The zero-order chi connectivity index (χ0) is 20.2. The number of hydrogen-bond donors (Lipinski definition) is 2. The van der Waals surface area contributed by atoms with Crippen molar-refractivity contribution in [2.45, 2.75) is 51.4 Å². The molecule has 2 N–H and O–H groups in total. The zero-order valence-electron chi connectivity index (χ0n) is 17.0. The van der Waals surface area contributed by atoms with Crippen LogP contribution in [0.2, 0.25) is 0 Å². The second-order valence-corrected chi connectivity index (χ2v) is 7.00. The number of benzene rings is 1. The van der Waals surface area contributed by atoms with Crippen LogP contribution in [0.3, 0.4) is 0 Å². The first-order chi connectivity index (χ1) is 13.6. The third-order valence-corrected chi connectivity index (χ3v) is 4.92. The van der Waals surface area contributed by atoms with Crippen molar-refractivity contribution in [2.24, 2.45) is 0 Å². The molecule has 0 atom stereocenters. The number of allylic oxidation sites excluding steroid dienone is 1. The summed E-state index contributed by atoms with van der Waals surface area (Å²) in [7, 11) is 3.20. The van der Waals surface area contributed by atoms with Gasteiger partial charge in [-0.15, -0.1) is 0 Å². The Hall–Kier alpha value is -2.50. The number of carbonyl (C=O) groups is 2. The van der Waals surface area contributed by atoms with E-state index in [0.29, 0.717) is 31.0 Å². The molecule has 0 spiro atoms. The monoisotopic (exact) mass is 388 g/mol. The second kappa shape index (κ2) is 12.1. The number of carbonyl (C=O) groups excluding carboxylic acids is 2. The van der Waals surface area contributed by atoms with Gasteiger partial charge in [-0.05, 0) is 56.2 Å². The van der Waals surface area contributed by atoms with Gasteiger partial charge in [0.1, 0.15) is 0 Å². The van der Waals surface area contributed by atoms with Gasteiger partial charge in [0.15, 0.2) is 11.5 Å². The minimum Gasteiger partial charge on any atom is -0.493 e. The summed E-state index contributed by atoms with van der Waals surface area (Å²) >= 11 is 0. The highest BCUT2D eigenvalue weighted by atomic mass is 16.5. The van der Waals surface area contributed by atoms with E-state index in [-0.39, 0.29) is 24.7 Å². The number of rotatable bonds is 11. The van der Waals surface area contributed by atoms with E-state index in [1.807, 2.05) is 18.2 Å². The van der Waals surface area contributed by atoms with E-state index in [2.05, 4.69) is 16.7 Å². The maximum absolute atomic E-state index is 11.9. The molecule has 0 aliphatic heterocycles. The number of hydrogen-bond acceptors (Lipinski definition) is 4. The van der Waals surface area contributed by atoms with Gasteiger partial charge in [-0.1, -0.05) is 17.7 Å². The molecular weight excluding hydrogens is 356 g/mol. The largest absolute Gasteiger partial charge is 0.493 e. The van der Waals surface area contributed by atoms with Gasteiger partial charge in [0.25, 0.3) is 0 Å². The Morgan fingerprint density at radius 2 is 1.61 bits per heavy atom. The molecule has 154 valence electrons. The molecule has 0 bridgehead atoms. The summed E-state index contributed by atoms with van der Waals surface area (Å²) in [6, 6.07) is 5.70. The minimum absolute atomic E-state index is 0.0635. The normalized spacial score (nSPS) is 13.4. The number of methoxy groups -OCH3 is 2. The van der Waals surface area contributed by atoms with Crippen molar-refractivity contribution in [2.75, 3.05) is 27.3 Å². The number of nitrogens with one attached hydrogen (secondary N) is 2. The van der Waals surface area contributed by atoms with Crippen LogP contribution < -0.4 is 20.1 Å². The van der Waals surface area contributed by atoms with Crippen LogP contribution in [0.4, 0.5) is 0 Å². The first-order valence-electron chi connectivity index (χ1n) is 10.0. The summed E-state index contributed by atoms with van der Waals surface area (Å²) in [5, 5.41) is 5.77. The number of ether oxygens (including phenoxy) is 2. The standard InChI is InChI=1S/C22H32N2O4/c1-27-19-9-8-18(16-20(19)28-2)13-15-24-22(26)11-10-21(25)23-14-12-17-6-4-3-5-7-17/h6,8-9,16H,3-5,7,10-15H2,1-2H3,(H,23,25)(H,24,26). The molecule has 1 aliphatic rings. The Morgan fingerprint density at radius 3 is 2.21 bits per heavy atom. The molecule has 1 aromatic carbocycles. The van der Waals surface area contributed by atoms with E-state index >= 15 is 0 Å². The lowest BCUT2D eigenvalue weighted by Gasteiger charge is -2.13. The maximum atomic E-state index is 11.9. The van der Waals surface area contributed by atoms with Crippen molar-refractivity contribution in [3.8, 4) is 11.5 Å². The summed E-state index contributed by atoms with van der Waals surface area (Å²) in [4.78, 5) is 23.8. The zero-order valence-corrected chi connectivity index (χ0v) is 17.0. The second-order valence-electron chi connectivity index (χ2n) is 7.00. The molecule has 2 amide bonds. The van der Waals surface area contributed by atoms with Gasteiger partial charge >= 0.3 is 0 Å². The lowest BCUT2D eigenvalue weighted by molar-refractivity contribution is -0.126. The SMILES string of the molecule is COc1ccc(CCNC(=O)CCC(=O)NCCC2=CCCCC2)cc1OC. The van der Waals surface area contributed by atoms with Crippen LogP contribution in [-0.4, -0.2) is 39.1 Å². The molecule has 0 saturated heterocycles. The van der Waals surface area contributed by atoms with Gasteiger partial charge in [-0.3, -0.25) is 9.59 Å². The van der Waals surface area contributed by atoms with Gasteiger partial charge in [0.2, 0.25) is 11.8 Å². The average Bonchev–Trinajstić information content (AvgIpc) is 2.73. The molecular formula is C22H32N2O4. The van der Waals surface area contributed by atoms with E-state index in [4.69, 9.17) is 9.47 Å². The van der Waals surface area contributed by atoms with Crippen molar-refractivity contribution in [1.82, 2.24) is 10.6 Å². The Labute approximate surface area is 167 Å². The lowest BCUT2D eigenvalue weighted by Crippen LogP contribution is -2.29. The Morgan fingerprint density at radius 1 is 0.929 bits per heavy atom. The van der Waals surface area contributed by atoms with E-state index in [1.165, 1.54) is 18.4 Å². The Bertz CT molecular complexity index is 685. The highest BCUT2D eigenvalue weighted by Crippen LogP contribution is 2.27. The fourth-order valence-corrected chi connectivity index (χ4v) is 3.28. The third-order valence-electron chi connectivity index (χ3n) is 4.92. The highest BCUT2D eigenvalue weighted by molar-refractivity contribution is 5.83. The van der Waals surface area contributed by atoms with Gasteiger partial charge in [-0.2, -0.15) is 0 Å². The Balaban J connectivity index is 1.59. The van der Waals surface area contributed by atoms with Crippen LogP contribution >= 0.6 is 0 Å². The first-order valence-corrected chi connectivity index (χ1v) is 10.0. The number of amides is 2. The molecule has 6 nitrogen and oxygen atoms in total. The highest BCUT2D eigenvalue weighted by Gasteiger charge is 2.09. The van der Waals surface area contributed by atoms with Crippen molar-refractivity contribution in [3.05, 3.63) is 35.4 Å². The van der Waals surface area contributed by atoms with Crippen LogP contribution in [0.25, 0.3) is 0 Å². The van der Waals surface area contributed by atoms with Gasteiger partial charge < -0.3 is 20.1 Å². The van der Waals surface area contributed by atoms with Crippen molar-refractivity contribution in [1.29, 1.82) is 0 Å². The topological polar surface area (TPSA) is 76.7 Å². The fourth-order valence-electron chi connectivity index (χ4n) is 3.28. The van der Waals surface area contributed by atoms with Crippen LogP contribution in [0.1, 0.15) is 50.5 Å². The molecule has 28 heavy (non-hydrogen) atoms. The smallest absolute Gasteiger partial charge is 0.220 e. The average molecular weight is 389 g/mol. The van der Waals surface area contributed by atoms with Crippen LogP contribution in [0.5, 0.6) is 11.5 Å². The van der Waals surface area contributed by atoms with Crippen molar-refractivity contribution >= 4 is 11.8 Å². The predicted molar refractivity (Wildman–Crippen MR) is 110 cm³/mol. The summed E-state index contributed by atoms with van der Waals surface area (Å²) in [5.74, 6) is 1.19. The third kappa shape index (κ3) is 7.62. The summed E-state index contributed by atoms with van der Waals surface area (Å²) in [6.07, 6.45) is 9.17. The van der Waals surface area contributed by atoms with Crippen molar-refractivity contribution < 1.29 is 19.1 Å². The Kier molecular flexibility index (Phi) is 9.39. The van der Waals surface area contributed by atoms with Crippen LogP contribution in [-0.2, 0) is 16.0 Å². The molecule has 2 rings (SSSR count). The van der Waals surface area contributed by atoms with Crippen LogP contribution in [0.15, 0.2) is 29.8 Å². The molecule has 0 heterocycles. The van der Waals surface area contributed by atoms with E-state index in [1.54, 1.807) is 14.2 Å². The summed E-state index contributed by atoms with van der Waals surface area (Å²) in [5.41, 5.74) is 2.49. The molecule has 0 radical (unpaired) electrons. The van der Waals surface area contributed by atoms with E-state index in [9.17, 15) is 9.59 Å². The van der Waals surface area contributed by atoms with E-state index in [0.717, 1.165) is 24.8 Å². The van der Waals surface area contributed by atoms with Crippen LogP contribution in [0, 0.1) is 0 Å². The van der Waals surface area contributed by atoms with Crippen molar-refractivity contribution in [3.63, 3.8) is 0 Å².